The number of furan rings is 1. The molecule has 1 amide bonds. The van der Waals surface area contributed by atoms with Gasteiger partial charge in [-0.05, 0) is 49.7 Å². The molecule has 4 nitrogen and oxygen atoms in total. The number of hydrogen-bond acceptors (Lipinski definition) is 3. The van der Waals surface area contributed by atoms with Crippen LogP contribution in [0.15, 0.2) is 40.8 Å². The smallest absolute Gasteiger partial charge is 0.224 e. The lowest BCUT2D eigenvalue weighted by Gasteiger charge is -2.23. The zero-order chi connectivity index (χ0) is 18.5. The molecule has 1 aromatic heterocycles. The second-order valence-electron chi connectivity index (χ2n) is 7.17. The summed E-state index contributed by atoms with van der Waals surface area (Å²) in [5.41, 5.74) is 0.968. The van der Waals surface area contributed by atoms with Gasteiger partial charge in [-0.15, -0.1) is 0 Å². The summed E-state index contributed by atoms with van der Waals surface area (Å²) < 4.78 is 18.7. The molecule has 0 saturated carbocycles. The Morgan fingerprint density at radius 1 is 1.12 bits per heavy atom. The van der Waals surface area contributed by atoms with Gasteiger partial charge < -0.3 is 14.2 Å². The van der Waals surface area contributed by atoms with Crippen molar-refractivity contribution in [1.29, 1.82) is 0 Å². The van der Waals surface area contributed by atoms with Gasteiger partial charge in [-0.25, -0.2) is 4.39 Å². The van der Waals surface area contributed by atoms with E-state index in [4.69, 9.17) is 4.42 Å². The molecule has 2 aromatic rings. The lowest BCUT2D eigenvalue weighted by molar-refractivity contribution is -0.130. The van der Waals surface area contributed by atoms with Crippen molar-refractivity contribution in [2.24, 2.45) is 0 Å². The molecule has 26 heavy (non-hydrogen) atoms. The Morgan fingerprint density at radius 2 is 1.88 bits per heavy atom. The quantitative estimate of drug-likeness (QED) is 0.784. The second-order valence-corrected chi connectivity index (χ2v) is 7.17. The molecule has 1 fully saturated rings. The Labute approximate surface area is 154 Å². The molecule has 1 saturated heterocycles. The van der Waals surface area contributed by atoms with Crippen molar-refractivity contribution in [3.05, 3.63) is 59.3 Å². The van der Waals surface area contributed by atoms with Gasteiger partial charge in [0.1, 0.15) is 17.3 Å². The predicted molar refractivity (Wildman–Crippen MR) is 99.4 cm³/mol. The summed E-state index contributed by atoms with van der Waals surface area (Å²) in [5.74, 6) is 2.28. The maximum absolute atomic E-state index is 13.0. The van der Waals surface area contributed by atoms with Crippen LogP contribution in [-0.4, -0.2) is 41.9 Å². The van der Waals surface area contributed by atoms with Crippen LogP contribution in [0.5, 0.6) is 0 Å². The number of hydrogen-bond donors (Lipinski definition) is 0. The van der Waals surface area contributed by atoms with Gasteiger partial charge in [0.2, 0.25) is 5.91 Å². The predicted octanol–water partition coefficient (Wildman–Crippen LogP) is 3.96. The summed E-state index contributed by atoms with van der Waals surface area (Å²) in [6, 6.07) is 10.4. The molecule has 1 unspecified atom stereocenters. The number of aryl methyl sites for hydroxylation is 1. The minimum absolute atomic E-state index is 0.173. The third-order valence-electron chi connectivity index (χ3n) is 5.09. The van der Waals surface area contributed by atoms with Crippen molar-refractivity contribution < 1.29 is 13.6 Å². The van der Waals surface area contributed by atoms with E-state index in [1.54, 1.807) is 12.1 Å². The van der Waals surface area contributed by atoms with Crippen LogP contribution in [0.4, 0.5) is 4.39 Å². The Hall–Kier alpha value is -2.14. The lowest BCUT2D eigenvalue weighted by Crippen LogP contribution is -2.33. The molecule has 5 heteroatoms. The van der Waals surface area contributed by atoms with E-state index in [0.717, 1.165) is 43.1 Å². The van der Waals surface area contributed by atoms with Crippen LogP contribution in [0, 0.1) is 12.7 Å². The average molecular weight is 358 g/mol. The van der Waals surface area contributed by atoms with Crippen LogP contribution in [0.25, 0.3) is 0 Å². The number of benzene rings is 1. The molecule has 2 heterocycles. The molecule has 3 rings (SSSR count). The zero-order valence-electron chi connectivity index (χ0n) is 15.6. The first-order chi connectivity index (χ1) is 12.5. The van der Waals surface area contributed by atoms with Crippen LogP contribution < -0.4 is 0 Å². The monoisotopic (exact) mass is 358 g/mol. The van der Waals surface area contributed by atoms with Crippen LogP contribution in [-0.2, 0) is 11.3 Å². The van der Waals surface area contributed by atoms with Crippen molar-refractivity contribution in [2.75, 3.05) is 26.2 Å². The Balaban J connectivity index is 1.50. The van der Waals surface area contributed by atoms with E-state index < -0.39 is 0 Å². The highest BCUT2D eigenvalue weighted by Gasteiger charge is 2.21. The van der Waals surface area contributed by atoms with E-state index >= 15 is 0 Å². The third kappa shape index (κ3) is 4.94. The van der Waals surface area contributed by atoms with Crippen LogP contribution in [0.1, 0.15) is 42.8 Å². The van der Waals surface area contributed by atoms with E-state index in [2.05, 4.69) is 17.9 Å². The van der Waals surface area contributed by atoms with Gasteiger partial charge in [0.05, 0.1) is 0 Å². The number of amides is 1. The van der Waals surface area contributed by atoms with Crippen LogP contribution in [0.3, 0.4) is 0 Å². The number of rotatable bonds is 6. The first-order valence-corrected chi connectivity index (χ1v) is 9.32. The van der Waals surface area contributed by atoms with Gasteiger partial charge in [0, 0.05) is 38.5 Å². The summed E-state index contributed by atoms with van der Waals surface area (Å²) in [6.45, 7) is 8.03. The number of carbonyl (C=O) groups is 1. The van der Waals surface area contributed by atoms with E-state index in [1.165, 1.54) is 12.1 Å². The minimum Gasteiger partial charge on any atom is -0.466 e. The number of halogens is 1. The molecule has 140 valence electrons. The maximum Gasteiger partial charge on any atom is 0.224 e. The standard InChI is InChI=1S/C21H27FN2O2/c1-16(20-8-3-17(2)26-20)9-11-23-12-10-21(25)24(14-13-23)15-18-4-6-19(22)7-5-18/h3-8,16H,9-15H2,1-2H3. The van der Waals surface area contributed by atoms with Crippen LogP contribution in [0.2, 0.25) is 0 Å². The maximum atomic E-state index is 13.0. The van der Waals surface area contributed by atoms with Crippen molar-refractivity contribution >= 4 is 5.91 Å². The topological polar surface area (TPSA) is 36.7 Å². The zero-order valence-corrected chi connectivity index (χ0v) is 15.6. The molecule has 0 radical (unpaired) electrons. The molecule has 1 aliphatic heterocycles. The highest BCUT2D eigenvalue weighted by Crippen LogP contribution is 2.22. The summed E-state index contributed by atoms with van der Waals surface area (Å²) in [4.78, 5) is 16.6. The Morgan fingerprint density at radius 3 is 2.58 bits per heavy atom. The van der Waals surface area contributed by atoms with Gasteiger partial charge in [-0.2, -0.15) is 0 Å². The highest BCUT2D eigenvalue weighted by atomic mass is 19.1. The van der Waals surface area contributed by atoms with E-state index in [1.807, 2.05) is 17.9 Å². The molecule has 1 atom stereocenters. The van der Waals surface area contributed by atoms with Gasteiger partial charge in [-0.1, -0.05) is 19.1 Å². The summed E-state index contributed by atoms with van der Waals surface area (Å²) in [5, 5.41) is 0. The first-order valence-electron chi connectivity index (χ1n) is 9.32. The molecule has 0 N–H and O–H groups in total. The fourth-order valence-electron chi connectivity index (χ4n) is 3.35. The van der Waals surface area contributed by atoms with Gasteiger partial charge in [-0.3, -0.25) is 4.79 Å². The lowest BCUT2D eigenvalue weighted by atomic mass is 10.0. The number of carbonyl (C=O) groups excluding carboxylic acids is 1. The van der Waals surface area contributed by atoms with Crippen LogP contribution >= 0.6 is 0 Å². The fourth-order valence-corrected chi connectivity index (χ4v) is 3.35. The Kier molecular flexibility index (Phi) is 6.09. The molecule has 0 bridgehead atoms. The van der Waals surface area contributed by atoms with Gasteiger partial charge in [0.15, 0.2) is 0 Å². The molecule has 0 spiro atoms. The molecular weight excluding hydrogens is 331 g/mol. The van der Waals surface area contributed by atoms with E-state index in [0.29, 0.717) is 25.4 Å². The van der Waals surface area contributed by atoms with Gasteiger partial charge >= 0.3 is 0 Å². The summed E-state index contributed by atoms with van der Waals surface area (Å²) >= 11 is 0. The van der Waals surface area contributed by atoms with Crippen molar-refractivity contribution in [3.63, 3.8) is 0 Å². The largest absolute Gasteiger partial charge is 0.466 e. The van der Waals surface area contributed by atoms with Crippen molar-refractivity contribution in [2.45, 2.75) is 39.2 Å². The summed E-state index contributed by atoms with van der Waals surface area (Å²) in [7, 11) is 0. The minimum atomic E-state index is -0.247. The first kappa shape index (κ1) is 18.6. The molecular formula is C21H27FN2O2. The van der Waals surface area contributed by atoms with Crippen molar-refractivity contribution in [3.8, 4) is 0 Å². The van der Waals surface area contributed by atoms with E-state index in [-0.39, 0.29) is 11.7 Å². The molecule has 1 aromatic carbocycles. The molecule has 1 aliphatic rings. The van der Waals surface area contributed by atoms with E-state index in [9.17, 15) is 9.18 Å². The van der Waals surface area contributed by atoms with Crippen molar-refractivity contribution in [1.82, 2.24) is 9.80 Å². The molecule has 0 aliphatic carbocycles. The Bertz CT molecular complexity index is 726. The SMILES string of the molecule is Cc1ccc(C(C)CCN2CCC(=O)N(Cc3ccc(F)cc3)CC2)o1. The highest BCUT2D eigenvalue weighted by molar-refractivity contribution is 5.76. The normalized spacial score (nSPS) is 17.3. The van der Waals surface area contributed by atoms with Gasteiger partial charge in [0.25, 0.3) is 0 Å². The number of nitrogens with zero attached hydrogens (tertiary/aromatic N) is 2. The fraction of sp³-hybridized carbons (Fsp3) is 0.476. The third-order valence-corrected chi connectivity index (χ3v) is 5.09. The summed E-state index contributed by atoms with van der Waals surface area (Å²) in [6.07, 6.45) is 1.55. The average Bonchev–Trinajstić information content (AvgIpc) is 2.99. The second kappa shape index (κ2) is 8.49.